The molecule has 1 aromatic carbocycles. The standard InChI is InChI=1S/C22H18F3N3O2/c23-22(24,25)30-21-10-6-16(11-26-21)2-1-15-3-7-18(8-4-15)19-13-28-12-17(14-29)5-9-20(28)27-19/h3-4,6-8,10-11,13,17,29H,5,9,12,14H2. The van der Waals surface area contributed by atoms with Crippen LogP contribution in [0.4, 0.5) is 13.2 Å². The molecule has 1 N–H and O–H groups in total. The van der Waals surface area contributed by atoms with Gasteiger partial charge in [-0.25, -0.2) is 9.97 Å². The van der Waals surface area contributed by atoms with Gasteiger partial charge in [0.2, 0.25) is 5.88 Å². The van der Waals surface area contributed by atoms with Crippen molar-refractivity contribution in [3.8, 4) is 29.0 Å². The Kier molecular flexibility index (Phi) is 5.46. The quantitative estimate of drug-likeness (QED) is 0.664. The van der Waals surface area contributed by atoms with Gasteiger partial charge in [-0.3, -0.25) is 0 Å². The molecule has 0 aliphatic carbocycles. The Labute approximate surface area is 171 Å². The van der Waals surface area contributed by atoms with E-state index in [1.54, 1.807) is 0 Å². The van der Waals surface area contributed by atoms with Crippen molar-refractivity contribution in [1.29, 1.82) is 0 Å². The first-order valence-electron chi connectivity index (χ1n) is 9.41. The van der Waals surface area contributed by atoms with E-state index in [9.17, 15) is 18.3 Å². The summed E-state index contributed by atoms with van der Waals surface area (Å²) in [7, 11) is 0. The van der Waals surface area contributed by atoms with E-state index in [1.807, 2.05) is 30.5 Å². The molecule has 1 unspecified atom stereocenters. The highest BCUT2D eigenvalue weighted by molar-refractivity contribution is 5.60. The van der Waals surface area contributed by atoms with Crippen molar-refractivity contribution in [2.24, 2.45) is 5.92 Å². The lowest BCUT2D eigenvalue weighted by atomic mass is 10.0. The highest BCUT2D eigenvalue weighted by Gasteiger charge is 2.31. The number of hydrogen-bond acceptors (Lipinski definition) is 4. The first kappa shape index (κ1) is 20.0. The summed E-state index contributed by atoms with van der Waals surface area (Å²) < 4.78 is 42.3. The molecule has 0 amide bonds. The Morgan fingerprint density at radius 1 is 1.10 bits per heavy atom. The van der Waals surface area contributed by atoms with Gasteiger partial charge in [-0.15, -0.1) is 13.2 Å². The van der Waals surface area contributed by atoms with Gasteiger partial charge in [0, 0.05) is 60.6 Å². The third kappa shape index (κ3) is 4.81. The average Bonchev–Trinajstić information content (AvgIpc) is 3.16. The molecule has 0 fully saturated rings. The molecule has 8 heteroatoms. The monoisotopic (exact) mass is 413 g/mol. The zero-order valence-electron chi connectivity index (χ0n) is 15.9. The smallest absolute Gasteiger partial charge is 0.396 e. The topological polar surface area (TPSA) is 60.2 Å². The number of imidazole rings is 1. The van der Waals surface area contributed by atoms with Crippen LogP contribution in [-0.4, -0.2) is 32.6 Å². The summed E-state index contributed by atoms with van der Waals surface area (Å²) in [6.45, 7) is 0.969. The largest absolute Gasteiger partial charge is 0.574 e. The predicted octanol–water partition coefficient (Wildman–Crippen LogP) is 3.80. The fourth-order valence-electron chi connectivity index (χ4n) is 3.30. The molecule has 1 atom stereocenters. The minimum atomic E-state index is -4.77. The highest BCUT2D eigenvalue weighted by atomic mass is 19.4. The summed E-state index contributed by atoms with van der Waals surface area (Å²) in [5.74, 6) is 6.62. The lowest BCUT2D eigenvalue weighted by Gasteiger charge is -2.21. The number of rotatable bonds is 3. The summed E-state index contributed by atoms with van der Waals surface area (Å²) >= 11 is 0. The molecule has 3 aromatic rings. The number of ether oxygens (including phenoxy) is 1. The van der Waals surface area contributed by atoms with Gasteiger partial charge in [0.1, 0.15) is 5.82 Å². The summed E-state index contributed by atoms with van der Waals surface area (Å²) in [6.07, 6.45) is 0.276. The maximum absolute atomic E-state index is 12.2. The molecule has 4 rings (SSSR count). The van der Waals surface area contributed by atoms with E-state index in [-0.39, 0.29) is 12.5 Å². The number of aliphatic hydroxyl groups is 1. The SMILES string of the molecule is OCC1CCc2nc(-c3ccc(C#Cc4ccc(OC(F)(F)F)nc4)cc3)cn2C1. The maximum atomic E-state index is 12.2. The van der Waals surface area contributed by atoms with Crippen LogP contribution in [0, 0.1) is 17.8 Å². The molecule has 30 heavy (non-hydrogen) atoms. The van der Waals surface area contributed by atoms with Crippen LogP contribution in [0.15, 0.2) is 48.8 Å². The summed E-state index contributed by atoms with van der Waals surface area (Å²) in [6, 6.07) is 10.1. The number of aryl methyl sites for hydroxylation is 1. The number of aromatic nitrogens is 3. The molecule has 3 heterocycles. The van der Waals surface area contributed by atoms with Crippen molar-refractivity contribution >= 4 is 0 Å². The fourth-order valence-corrected chi connectivity index (χ4v) is 3.30. The van der Waals surface area contributed by atoms with Crippen LogP contribution in [0.2, 0.25) is 0 Å². The Morgan fingerprint density at radius 3 is 2.50 bits per heavy atom. The van der Waals surface area contributed by atoms with E-state index >= 15 is 0 Å². The van der Waals surface area contributed by atoms with Crippen molar-refractivity contribution < 1.29 is 23.0 Å². The zero-order valence-corrected chi connectivity index (χ0v) is 15.9. The van der Waals surface area contributed by atoms with Gasteiger partial charge in [-0.05, 0) is 24.6 Å². The number of pyridine rings is 1. The summed E-state index contributed by atoms with van der Waals surface area (Å²) in [5.41, 5.74) is 3.10. The molecule has 154 valence electrons. The zero-order chi connectivity index (χ0) is 21.1. The van der Waals surface area contributed by atoms with Gasteiger partial charge in [0.25, 0.3) is 0 Å². The van der Waals surface area contributed by atoms with Crippen molar-refractivity contribution in [1.82, 2.24) is 14.5 Å². The van der Waals surface area contributed by atoms with Crippen LogP contribution in [-0.2, 0) is 13.0 Å². The van der Waals surface area contributed by atoms with Crippen LogP contribution in [0.5, 0.6) is 5.88 Å². The molecule has 1 aliphatic rings. The van der Waals surface area contributed by atoms with E-state index in [1.165, 1.54) is 12.3 Å². The van der Waals surface area contributed by atoms with Crippen LogP contribution >= 0.6 is 0 Å². The van der Waals surface area contributed by atoms with Crippen LogP contribution < -0.4 is 4.74 Å². The highest BCUT2D eigenvalue weighted by Crippen LogP contribution is 2.25. The number of aliphatic hydroxyl groups excluding tert-OH is 1. The number of halogens is 3. The van der Waals surface area contributed by atoms with E-state index in [4.69, 9.17) is 4.98 Å². The van der Waals surface area contributed by atoms with E-state index in [0.717, 1.165) is 48.1 Å². The van der Waals surface area contributed by atoms with E-state index in [0.29, 0.717) is 5.56 Å². The average molecular weight is 413 g/mol. The minimum Gasteiger partial charge on any atom is -0.396 e. The Bertz CT molecular complexity index is 1080. The molecule has 0 saturated heterocycles. The molecule has 0 saturated carbocycles. The van der Waals surface area contributed by atoms with Crippen LogP contribution in [0.25, 0.3) is 11.3 Å². The molecule has 2 aromatic heterocycles. The second-order valence-corrected chi connectivity index (χ2v) is 7.04. The lowest BCUT2D eigenvalue weighted by molar-refractivity contribution is -0.276. The number of fused-ring (bicyclic) bond motifs is 1. The number of hydrogen-bond donors (Lipinski definition) is 1. The first-order valence-corrected chi connectivity index (χ1v) is 9.41. The second kappa shape index (κ2) is 8.20. The normalized spacial score (nSPS) is 15.8. The number of benzene rings is 1. The van der Waals surface area contributed by atoms with Crippen LogP contribution in [0.1, 0.15) is 23.4 Å². The second-order valence-electron chi connectivity index (χ2n) is 7.04. The van der Waals surface area contributed by atoms with Gasteiger partial charge < -0.3 is 14.4 Å². The van der Waals surface area contributed by atoms with Crippen molar-refractivity contribution in [3.63, 3.8) is 0 Å². The van der Waals surface area contributed by atoms with Gasteiger partial charge in [0.15, 0.2) is 0 Å². The fraction of sp³-hybridized carbons (Fsp3) is 0.273. The Balaban J connectivity index is 1.45. The maximum Gasteiger partial charge on any atom is 0.574 e. The van der Waals surface area contributed by atoms with Crippen LogP contribution in [0.3, 0.4) is 0 Å². The van der Waals surface area contributed by atoms with E-state index < -0.39 is 12.2 Å². The lowest BCUT2D eigenvalue weighted by Crippen LogP contribution is -2.22. The van der Waals surface area contributed by atoms with Crippen molar-refractivity contribution in [2.45, 2.75) is 25.7 Å². The van der Waals surface area contributed by atoms with Crippen molar-refractivity contribution in [3.05, 3.63) is 65.7 Å². The molecule has 0 spiro atoms. The van der Waals surface area contributed by atoms with Gasteiger partial charge in [0.05, 0.1) is 5.69 Å². The molecule has 1 aliphatic heterocycles. The third-order valence-electron chi connectivity index (χ3n) is 4.84. The number of nitrogens with zero attached hydrogens (tertiary/aromatic N) is 3. The summed E-state index contributed by atoms with van der Waals surface area (Å²) in [5, 5.41) is 9.36. The Hall–Kier alpha value is -3.31. The first-order chi connectivity index (χ1) is 14.4. The molecular weight excluding hydrogens is 395 g/mol. The predicted molar refractivity (Wildman–Crippen MR) is 103 cm³/mol. The van der Waals surface area contributed by atoms with Gasteiger partial charge in [-0.1, -0.05) is 24.0 Å². The van der Waals surface area contributed by atoms with Gasteiger partial charge in [-0.2, -0.15) is 0 Å². The van der Waals surface area contributed by atoms with Gasteiger partial charge >= 0.3 is 6.36 Å². The number of alkyl halides is 3. The minimum absolute atomic E-state index is 0.188. The molecular formula is C22H18F3N3O2. The van der Waals surface area contributed by atoms with Crippen molar-refractivity contribution in [2.75, 3.05) is 6.61 Å². The van der Waals surface area contributed by atoms with E-state index in [2.05, 4.69) is 26.1 Å². The molecule has 0 radical (unpaired) electrons. The molecule has 0 bridgehead atoms. The third-order valence-corrected chi connectivity index (χ3v) is 4.84. The Morgan fingerprint density at radius 2 is 1.83 bits per heavy atom. The summed E-state index contributed by atoms with van der Waals surface area (Å²) in [4.78, 5) is 8.29. The molecule has 5 nitrogen and oxygen atoms in total.